The van der Waals surface area contributed by atoms with Gasteiger partial charge in [-0.25, -0.2) is 4.79 Å². The van der Waals surface area contributed by atoms with Crippen LogP contribution in [0.3, 0.4) is 0 Å². The van der Waals surface area contributed by atoms with Gasteiger partial charge in [0, 0.05) is 0 Å². The van der Waals surface area contributed by atoms with E-state index in [0.717, 1.165) is 24.8 Å². The lowest BCUT2D eigenvalue weighted by Gasteiger charge is -2.10. The van der Waals surface area contributed by atoms with Gasteiger partial charge in [-0.15, -0.1) is 0 Å². The first kappa shape index (κ1) is 13.3. The SMILES string of the molecule is CC/C=C\CCc1cccc(C(=O)O)c1OC. The zero-order valence-corrected chi connectivity index (χ0v) is 10.3. The van der Waals surface area contributed by atoms with Crippen LogP contribution in [0.1, 0.15) is 35.7 Å². The van der Waals surface area contributed by atoms with Gasteiger partial charge in [-0.2, -0.15) is 0 Å². The Balaban J connectivity index is 2.87. The highest BCUT2D eigenvalue weighted by atomic mass is 16.5. The Morgan fingerprint density at radius 1 is 1.41 bits per heavy atom. The van der Waals surface area contributed by atoms with Gasteiger partial charge in [0.05, 0.1) is 7.11 Å². The maximum Gasteiger partial charge on any atom is 0.339 e. The summed E-state index contributed by atoms with van der Waals surface area (Å²) in [4.78, 5) is 11.0. The number of aromatic carboxylic acids is 1. The van der Waals surface area contributed by atoms with Crippen molar-refractivity contribution >= 4 is 5.97 Å². The van der Waals surface area contributed by atoms with Gasteiger partial charge >= 0.3 is 5.97 Å². The third kappa shape index (κ3) is 3.63. The van der Waals surface area contributed by atoms with E-state index in [2.05, 4.69) is 19.1 Å². The third-order valence-corrected chi connectivity index (χ3v) is 2.51. The number of hydrogen-bond donors (Lipinski definition) is 1. The molecule has 0 heterocycles. The molecule has 1 rings (SSSR count). The normalized spacial score (nSPS) is 10.7. The maximum atomic E-state index is 11.0. The molecule has 0 aliphatic heterocycles. The van der Waals surface area contributed by atoms with Crippen LogP contribution < -0.4 is 4.74 Å². The molecule has 92 valence electrons. The Labute approximate surface area is 102 Å². The predicted octanol–water partition coefficient (Wildman–Crippen LogP) is 3.29. The molecule has 17 heavy (non-hydrogen) atoms. The summed E-state index contributed by atoms with van der Waals surface area (Å²) in [7, 11) is 1.51. The first-order chi connectivity index (χ1) is 8.20. The third-order valence-electron chi connectivity index (χ3n) is 2.51. The van der Waals surface area contributed by atoms with Crippen LogP contribution in [0.4, 0.5) is 0 Å². The molecule has 3 heteroatoms. The number of ether oxygens (including phenoxy) is 1. The topological polar surface area (TPSA) is 46.5 Å². The second kappa shape index (κ2) is 6.74. The van der Waals surface area contributed by atoms with Crippen LogP contribution in [0.25, 0.3) is 0 Å². The van der Waals surface area contributed by atoms with Gasteiger partial charge < -0.3 is 9.84 Å². The second-order valence-electron chi connectivity index (χ2n) is 3.72. The van der Waals surface area contributed by atoms with E-state index in [4.69, 9.17) is 9.84 Å². The predicted molar refractivity (Wildman–Crippen MR) is 67.7 cm³/mol. The highest BCUT2D eigenvalue weighted by Crippen LogP contribution is 2.25. The average Bonchev–Trinajstić information content (AvgIpc) is 2.34. The van der Waals surface area contributed by atoms with Crippen molar-refractivity contribution in [3.8, 4) is 5.75 Å². The number of benzene rings is 1. The van der Waals surface area contributed by atoms with Gasteiger partial charge in [-0.1, -0.05) is 31.2 Å². The van der Waals surface area contributed by atoms with Crippen molar-refractivity contribution < 1.29 is 14.6 Å². The van der Waals surface area contributed by atoms with Gasteiger partial charge in [0.25, 0.3) is 0 Å². The molecule has 0 saturated heterocycles. The van der Waals surface area contributed by atoms with Gasteiger partial charge in [-0.05, 0) is 30.9 Å². The van der Waals surface area contributed by atoms with Crippen molar-refractivity contribution in [2.24, 2.45) is 0 Å². The highest BCUT2D eigenvalue weighted by molar-refractivity contribution is 5.91. The summed E-state index contributed by atoms with van der Waals surface area (Å²) in [6, 6.07) is 5.22. The lowest BCUT2D eigenvalue weighted by atomic mass is 10.0. The summed E-state index contributed by atoms with van der Waals surface area (Å²) in [6.07, 6.45) is 6.92. The fourth-order valence-electron chi connectivity index (χ4n) is 1.71. The summed E-state index contributed by atoms with van der Waals surface area (Å²) in [5.74, 6) is -0.474. The van der Waals surface area contributed by atoms with E-state index in [1.54, 1.807) is 12.1 Å². The Hall–Kier alpha value is -1.77. The minimum atomic E-state index is -0.951. The monoisotopic (exact) mass is 234 g/mol. The molecule has 0 unspecified atom stereocenters. The Morgan fingerprint density at radius 3 is 2.76 bits per heavy atom. The second-order valence-corrected chi connectivity index (χ2v) is 3.72. The molecule has 0 atom stereocenters. The highest BCUT2D eigenvalue weighted by Gasteiger charge is 2.13. The standard InChI is InChI=1S/C14H18O3/c1-3-4-5-6-8-11-9-7-10-12(14(15)16)13(11)17-2/h4-5,7,9-10H,3,6,8H2,1-2H3,(H,15,16)/b5-4-. The van der Waals surface area contributed by atoms with E-state index >= 15 is 0 Å². The van der Waals surface area contributed by atoms with Crippen LogP contribution in [-0.2, 0) is 6.42 Å². The number of hydrogen-bond acceptors (Lipinski definition) is 2. The fourth-order valence-corrected chi connectivity index (χ4v) is 1.71. The van der Waals surface area contributed by atoms with Crippen molar-refractivity contribution in [3.05, 3.63) is 41.5 Å². The van der Waals surface area contributed by atoms with Crippen molar-refractivity contribution in [2.75, 3.05) is 7.11 Å². The van der Waals surface area contributed by atoms with Crippen LogP contribution in [0, 0.1) is 0 Å². The fraction of sp³-hybridized carbons (Fsp3) is 0.357. The molecule has 3 nitrogen and oxygen atoms in total. The van der Waals surface area contributed by atoms with Crippen LogP contribution in [0.15, 0.2) is 30.4 Å². The summed E-state index contributed by atoms with van der Waals surface area (Å²) >= 11 is 0. The van der Waals surface area contributed by atoms with Crippen LogP contribution in [-0.4, -0.2) is 18.2 Å². The van der Waals surface area contributed by atoms with E-state index in [0.29, 0.717) is 5.75 Å². The van der Waals surface area contributed by atoms with Crippen molar-refractivity contribution in [3.63, 3.8) is 0 Å². The number of methoxy groups -OCH3 is 1. The molecule has 0 spiro atoms. The number of carboxylic acids is 1. The quantitative estimate of drug-likeness (QED) is 0.768. The molecule has 0 amide bonds. The molecular formula is C14H18O3. The number of aryl methyl sites for hydroxylation is 1. The molecule has 1 N–H and O–H groups in total. The molecule has 0 aliphatic carbocycles. The summed E-state index contributed by atoms with van der Waals surface area (Å²) in [5, 5.41) is 9.04. The van der Waals surface area contributed by atoms with E-state index in [1.165, 1.54) is 7.11 Å². The van der Waals surface area contributed by atoms with Crippen LogP contribution in [0.5, 0.6) is 5.75 Å². The van der Waals surface area contributed by atoms with Gasteiger partial charge in [0.15, 0.2) is 0 Å². The largest absolute Gasteiger partial charge is 0.496 e. The van der Waals surface area contributed by atoms with Crippen LogP contribution >= 0.6 is 0 Å². The Morgan fingerprint density at radius 2 is 2.18 bits per heavy atom. The summed E-state index contributed by atoms with van der Waals surface area (Å²) < 4.78 is 5.19. The van der Waals surface area contributed by atoms with Crippen molar-refractivity contribution in [2.45, 2.75) is 26.2 Å². The number of carbonyl (C=O) groups is 1. The lowest BCUT2D eigenvalue weighted by molar-refractivity contribution is 0.0693. The van der Waals surface area contributed by atoms with Gasteiger partial charge in [0.1, 0.15) is 11.3 Å². The Bertz CT molecular complexity index is 408. The van der Waals surface area contributed by atoms with Gasteiger partial charge in [0.2, 0.25) is 0 Å². The Kier molecular flexibility index (Phi) is 5.27. The zero-order valence-electron chi connectivity index (χ0n) is 10.3. The minimum Gasteiger partial charge on any atom is -0.496 e. The first-order valence-corrected chi connectivity index (χ1v) is 5.74. The average molecular weight is 234 g/mol. The number of allylic oxidation sites excluding steroid dienone is 2. The van der Waals surface area contributed by atoms with E-state index in [9.17, 15) is 4.79 Å². The van der Waals surface area contributed by atoms with E-state index in [-0.39, 0.29) is 5.56 Å². The summed E-state index contributed by atoms with van der Waals surface area (Å²) in [6.45, 7) is 2.09. The smallest absolute Gasteiger partial charge is 0.339 e. The van der Waals surface area contributed by atoms with E-state index < -0.39 is 5.97 Å². The lowest BCUT2D eigenvalue weighted by Crippen LogP contribution is -2.03. The molecule has 0 bridgehead atoms. The molecule has 1 aromatic rings. The number of para-hydroxylation sites is 1. The molecule has 1 aromatic carbocycles. The minimum absolute atomic E-state index is 0.226. The van der Waals surface area contributed by atoms with Crippen molar-refractivity contribution in [1.29, 1.82) is 0 Å². The number of rotatable bonds is 6. The van der Waals surface area contributed by atoms with Crippen molar-refractivity contribution in [1.82, 2.24) is 0 Å². The molecule has 0 aliphatic rings. The number of carboxylic acid groups (broad SMARTS) is 1. The van der Waals surface area contributed by atoms with Gasteiger partial charge in [-0.3, -0.25) is 0 Å². The first-order valence-electron chi connectivity index (χ1n) is 5.74. The maximum absolute atomic E-state index is 11.0. The molecular weight excluding hydrogens is 216 g/mol. The molecule has 0 fully saturated rings. The molecule has 0 radical (unpaired) electrons. The molecule has 0 aromatic heterocycles. The summed E-state index contributed by atoms with van der Waals surface area (Å²) in [5.41, 5.74) is 1.16. The van der Waals surface area contributed by atoms with Crippen LogP contribution in [0.2, 0.25) is 0 Å². The van der Waals surface area contributed by atoms with E-state index in [1.807, 2.05) is 6.07 Å². The molecule has 0 saturated carbocycles. The zero-order chi connectivity index (χ0) is 12.7.